The highest BCUT2D eigenvalue weighted by atomic mass is 16.5. The van der Waals surface area contributed by atoms with Gasteiger partial charge in [0.2, 0.25) is 0 Å². The van der Waals surface area contributed by atoms with Crippen molar-refractivity contribution >= 4 is 11.8 Å². The highest BCUT2D eigenvalue weighted by Gasteiger charge is 2.10. The fourth-order valence-electron chi connectivity index (χ4n) is 2.19. The van der Waals surface area contributed by atoms with Crippen molar-refractivity contribution in [3.05, 3.63) is 54.2 Å². The zero-order valence-corrected chi connectivity index (χ0v) is 14.5. The number of para-hydroxylation sites is 1. The lowest BCUT2D eigenvalue weighted by molar-refractivity contribution is 0.108. The fraction of sp³-hybridized carbons (Fsp3) is 0.333. The molecule has 0 radical (unpaired) electrons. The number of carbonyl (C=O) groups excluding carboxylic acids is 1. The van der Waals surface area contributed by atoms with Crippen LogP contribution in [0, 0.1) is 0 Å². The number of amides is 2. The molecular weight excluding hydrogens is 320 g/mol. The molecule has 0 aliphatic rings. The van der Waals surface area contributed by atoms with E-state index in [1.807, 2.05) is 61.5 Å². The van der Waals surface area contributed by atoms with E-state index < -0.39 is 6.10 Å². The van der Waals surface area contributed by atoms with E-state index in [9.17, 15) is 9.90 Å². The maximum Gasteiger partial charge on any atom is 0.315 e. The first kappa shape index (κ1) is 18.5. The van der Waals surface area contributed by atoms with Gasteiger partial charge in [0.25, 0.3) is 0 Å². The fourth-order valence-corrected chi connectivity index (χ4v) is 2.19. The Labute approximate surface area is 147 Å². The van der Waals surface area contributed by atoms with E-state index in [1.165, 1.54) is 0 Å². The molecule has 7 nitrogen and oxygen atoms in total. The number of benzene rings is 1. The van der Waals surface area contributed by atoms with Crippen LogP contribution in [0.4, 0.5) is 10.6 Å². The van der Waals surface area contributed by atoms with Crippen molar-refractivity contribution < 1.29 is 14.6 Å². The van der Waals surface area contributed by atoms with E-state index in [-0.39, 0.29) is 19.2 Å². The molecule has 0 spiro atoms. The van der Waals surface area contributed by atoms with E-state index in [2.05, 4.69) is 15.6 Å². The number of hydrogen-bond acceptors (Lipinski definition) is 5. The van der Waals surface area contributed by atoms with Crippen LogP contribution in [0.15, 0.2) is 48.7 Å². The average molecular weight is 344 g/mol. The predicted molar refractivity (Wildman–Crippen MR) is 96.7 cm³/mol. The van der Waals surface area contributed by atoms with E-state index >= 15 is 0 Å². The second-order valence-corrected chi connectivity index (χ2v) is 5.72. The zero-order valence-electron chi connectivity index (χ0n) is 14.5. The van der Waals surface area contributed by atoms with Crippen LogP contribution in [-0.4, -0.2) is 49.5 Å². The first-order valence-corrected chi connectivity index (χ1v) is 8.05. The lowest BCUT2D eigenvalue weighted by atomic mass is 10.2. The monoisotopic (exact) mass is 344 g/mol. The molecule has 0 aliphatic heterocycles. The summed E-state index contributed by atoms with van der Waals surface area (Å²) in [6, 6.07) is 12.6. The van der Waals surface area contributed by atoms with Gasteiger partial charge in [-0.05, 0) is 18.2 Å². The summed E-state index contributed by atoms with van der Waals surface area (Å²) in [4.78, 5) is 18.0. The van der Waals surface area contributed by atoms with Crippen molar-refractivity contribution in [3.63, 3.8) is 0 Å². The minimum Gasteiger partial charge on any atom is -0.491 e. The number of nitrogens with zero attached hydrogens (tertiary/aromatic N) is 2. The maximum atomic E-state index is 11.9. The summed E-state index contributed by atoms with van der Waals surface area (Å²) in [5.74, 6) is 1.48. The third-order valence-electron chi connectivity index (χ3n) is 3.41. The van der Waals surface area contributed by atoms with Gasteiger partial charge in [-0.15, -0.1) is 0 Å². The third kappa shape index (κ3) is 6.31. The first-order valence-electron chi connectivity index (χ1n) is 8.05. The molecule has 7 heteroatoms. The molecule has 134 valence electrons. The molecule has 1 atom stereocenters. The van der Waals surface area contributed by atoms with Crippen LogP contribution in [0.5, 0.6) is 5.75 Å². The van der Waals surface area contributed by atoms with Crippen LogP contribution >= 0.6 is 0 Å². The summed E-state index contributed by atoms with van der Waals surface area (Å²) >= 11 is 0. The molecule has 0 fully saturated rings. The smallest absolute Gasteiger partial charge is 0.315 e. The number of aliphatic hydroxyl groups is 1. The van der Waals surface area contributed by atoms with Crippen LogP contribution in [0.25, 0.3) is 0 Å². The molecule has 1 aromatic heterocycles. The summed E-state index contributed by atoms with van der Waals surface area (Å²) < 4.78 is 5.44. The van der Waals surface area contributed by atoms with Crippen molar-refractivity contribution in [2.75, 3.05) is 32.1 Å². The Bertz CT molecular complexity index is 664. The van der Waals surface area contributed by atoms with Crippen molar-refractivity contribution in [2.24, 2.45) is 0 Å². The van der Waals surface area contributed by atoms with E-state index in [1.54, 1.807) is 6.20 Å². The van der Waals surface area contributed by atoms with Gasteiger partial charge in [0, 0.05) is 38.9 Å². The van der Waals surface area contributed by atoms with E-state index in [0.717, 1.165) is 11.4 Å². The van der Waals surface area contributed by atoms with Gasteiger partial charge in [0.05, 0.1) is 0 Å². The molecule has 1 aromatic carbocycles. The summed E-state index contributed by atoms with van der Waals surface area (Å²) in [5, 5.41) is 15.3. The van der Waals surface area contributed by atoms with Crippen molar-refractivity contribution in [3.8, 4) is 5.75 Å². The number of ether oxygens (including phenoxy) is 1. The van der Waals surface area contributed by atoms with Crippen LogP contribution in [0.2, 0.25) is 0 Å². The Morgan fingerprint density at radius 1 is 1.20 bits per heavy atom. The van der Waals surface area contributed by atoms with Crippen molar-refractivity contribution in [1.82, 2.24) is 15.6 Å². The molecule has 2 rings (SSSR count). The Morgan fingerprint density at radius 3 is 2.68 bits per heavy atom. The summed E-state index contributed by atoms with van der Waals surface area (Å²) in [7, 11) is 3.80. The number of aliphatic hydroxyl groups excluding tert-OH is 1. The number of anilines is 1. The van der Waals surface area contributed by atoms with Gasteiger partial charge in [0.15, 0.2) is 0 Å². The summed E-state index contributed by atoms with van der Waals surface area (Å²) in [5.41, 5.74) is 0.913. The Hall–Kier alpha value is -2.80. The van der Waals surface area contributed by atoms with Gasteiger partial charge in [-0.25, -0.2) is 9.78 Å². The molecule has 1 heterocycles. The van der Waals surface area contributed by atoms with Crippen LogP contribution in [0.3, 0.4) is 0 Å². The Morgan fingerprint density at radius 2 is 1.96 bits per heavy atom. The van der Waals surface area contributed by atoms with E-state index in [0.29, 0.717) is 12.3 Å². The number of urea groups is 1. The van der Waals surface area contributed by atoms with Crippen molar-refractivity contribution in [1.29, 1.82) is 0 Å². The Balaban J connectivity index is 1.70. The molecule has 2 amide bonds. The molecule has 0 saturated carbocycles. The highest BCUT2D eigenvalue weighted by Crippen LogP contribution is 2.13. The SMILES string of the molecule is CN(C)c1ncccc1CNC(=O)NC[C@@H](O)COc1ccccc1. The number of hydrogen-bond donors (Lipinski definition) is 3. The molecule has 0 unspecified atom stereocenters. The number of rotatable bonds is 8. The number of carbonyl (C=O) groups is 1. The van der Waals surface area contributed by atoms with Crippen LogP contribution in [-0.2, 0) is 6.54 Å². The second kappa shape index (κ2) is 9.48. The number of nitrogens with one attached hydrogen (secondary N) is 2. The Kier molecular flexibility index (Phi) is 7.03. The van der Waals surface area contributed by atoms with Gasteiger partial charge in [-0.3, -0.25) is 0 Å². The number of pyridine rings is 1. The minimum absolute atomic E-state index is 0.103. The van der Waals surface area contributed by atoms with Gasteiger partial charge < -0.3 is 25.4 Å². The third-order valence-corrected chi connectivity index (χ3v) is 3.41. The molecule has 0 saturated heterocycles. The summed E-state index contributed by atoms with van der Waals surface area (Å²) in [6.07, 6.45) is 0.920. The van der Waals surface area contributed by atoms with Gasteiger partial charge >= 0.3 is 6.03 Å². The highest BCUT2D eigenvalue weighted by molar-refractivity contribution is 5.74. The largest absolute Gasteiger partial charge is 0.491 e. The molecule has 0 bridgehead atoms. The average Bonchev–Trinajstić information content (AvgIpc) is 2.64. The quantitative estimate of drug-likeness (QED) is 0.674. The maximum absolute atomic E-state index is 11.9. The lowest BCUT2D eigenvalue weighted by Crippen LogP contribution is -2.41. The summed E-state index contributed by atoms with van der Waals surface area (Å²) in [6.45, 7) is 0.563. The van der Waals surface area contributed by atoms with Crippen LogP contribution in [0.1, 0.15) is 5.56 Å². The molecular formula is C18H24N4O3. The van der Waals surface area contributed by atoms with E-state index in [4.69, 9.17) is 4.74 Å². The zero-order chi connectivity index (χ0) is 18.1. The predicted octanol–water partition coefficient (Wildman–Crippen LogP) is 1.39. The molecule has 0 aliphatic carbocycles. The standard InChI is InChI=1S/C18H24N4O3/c1-22(2)17-14(7-6-10-19-17)11-20-18(24)21-12-15(23)13-25-16-8-4-3-5-9-16/h3-10,15,23H,11-13H2,1-2H3,(H2,20,21,24)/t15-/m1/s1. The first-order chi connectivity index (χ1) is 12.1. The normalized spacial score (nSPS) is 11.5. The van der Waals surface area contributed by atoms with Gasteiger partial charge in [-0.2, -0.15) is 0 Å². The topological polar surface area (TPSA) is 86.7 Å². The lowest BCUT2D eigenvalue weighted by Gasteiger charge is -2.17. The minimum atomic E-state index is -0.790. The van der Waals surface area contributed by atoms with Crippen molar-refractivity contribution in [2.45, 2.75) is 12.6 Å². The molecule has 2 aromatic rings. The number of aromatic nitrogens is 1. The van der Waals surface area contributed by atoms with Gasteiger partial charge in [0.1, 0.15) is 24.3 Å². The van der Waals surface area contributed by atoms with Crippen LogP contribution < -0.4 is 20.3 Å². The molecule has 3 N–H and O–H groups in total. The van der Waals surface area contributed by atoms with Gasteiger partial charge in [-0.1, -0.05) is 24.3 Å². The second-order valence-electron chi connectivity index (χ2n) is 5.72. The molecule has 25 heavy (non-hydrogen) atoms.